The van der Waals surface area contributed by atoms with Gasteiger partial charge in [-0.15, -0.1) is 0 Å². The fraction of sp³-hybridized carbons (Fsp3) is 0.240. The summed E-state index contributed by atoms with van der Waals surface area (Å²) in [5.74, 6) is -0.367. The first-order chi connectivity index (χ1) is 16.5. The van der Waals surface area contributed by atoms with Crippen LogP contribution in [0.2, 0.25) is 0 Å². The molecule has 1 aromatic carbocycles. The Labute approximate surface area is 202 Å². The van der Waals surface area contributed by atoms with Crippen molar-refractivity contribution in [1.82, 2.24) is 5.32 Å². The van der Waals surface area contributed by atoms with Gasteiger partial charge in [0.25, 0.3) is 0 Å². The van der Waals surface area contributed by atoms with Gasteiger partial charge in [0.2, 0.25) is 5.91 Å². The van der Waals surface area contributed by atoms with Crippen LogP contribution in [-0.2, 0) is 14.3 Å². The van der Waals surface area contributed by atoms with Gasteiger partial charge in [0.15, 0.2) is 0 Å². The van der Waals surface area contributed by atoms with Gasteiger partial charge < -0.3 is 24.5 Å². The minimum Gasteiger partial charge on any atom is -0.494 e. The number of anilines is 1. The minimum atomic E-state index is -0.754. The highest BCUT2D eigenvalue weighted by Gasteiger charge is 2.37. The van der Waals surface area contributed by atoms with E-state index in [9.17, 15) is 14.9 Å². The number of amides is 1. The molecular formula is C25H25N3O5S. The van der Waals surface area contributed by atoms with Crippen LogP contribution in [0.3, 0.4) is 0 Å². The molecule has 0 radical (unpaired) electrons. The number of benzene rings is 1. The summed E-state index contributed by atoms with van der Waals surface area (Å²) < 4.78 is 16.2. The van der Waals surface area contributed by atoms with E-state index in [0.29, 0.717) is 28.8 Å². The number of carbonyl (C=O) groups is 2. The van der Waals surface area contributed by atoms with Crippen LogP contribution in [0.1, 0.15) is 25.5 Å². The number of carbonyl (C=O) groups excluding carboxylic acids is 2. The smallest absolute Gasteiger partial charge is 0.337 e. The second-order valence-corrected chi connectivity index (χ2v) is 8.13. The Morgan fingerprint density at radius 1 is 1.32 bits per heavy atom. The number of dihydropyridines is 1. The molecule has 0 spiro atoms. The van der Waals surface area contributed by atoms with Gasteiger partial charge in [0.1, 0.15) is 18.1 Å². The number of rotatable bonds is 10. The van der Waals surface area contributed by atoms with Crippen molar-refractivity contribution in [2.45, 2.75) is 19.8 Å². The number of nitriles is 1. The van der Waals surface area contributed by atoms with Crippen LogP contribution in [0, 0.1) is 11.3 Å². The predicted octanol–water partition coefficient (Wildman–Crippen LogP) is 4.48. The third kappa shape index (κ3) is 5.91. The van der Waals surface area contributed by atoms with Crippen molar-refractivity contribution in [1.29, 1.82) is 5.26 Å². The summed E-state index contributed by atoms with van der Waals surface area (Å²) in [4.78, 5) is 25.3. The van der Waals surface area contributed by atoms with Crippen molar-refractivity contribution in [3.05, 3.63) is 82.9 Å². The lowest BCUT2D eigenvalue weighted by Gasteiger charge is -2.27. The van der Waals surface area contributed by atoms with Crippen LogP contribution in [0.25, 0.3) is 0 Å². The largest absolute Gasteiger partial charge is 0.494 e. The predicted molar refractivity (Wildman–Crippen MR) is 130 cm³/mol. The van der Waals surface area contributed by atoms with Gasteiger partial charge in [-0.25, -0.2) is 4.79 Å². The van der Waals surface area contributed by atoms with E-state index in [1.165, 1.54) is 24.1 Å². The Hall–Kier alpha value is -3.90. The first-order valence-corrected chi connectivity index (χ1v) is 11.6. The van der Waals surface area contributed by atoms with E-state index in [1.54, 1.807) is 43.3 Å². The van der Waals surface area contributed by atoms with Crippen LogP contribution >= 0.6 is 11.8 Å². The zero-order valence-electron chi connectivity index (χ0n) is 18.9. The molecule has 0 aliphatic carbocycles. The normalized spacial score (nSPS) is 15.3. The number of hydrogen-bond donors (Lipinski definition) is 2. The lowest BCUT2D eigenvalue weighted by Crippen LogP contribution is -2.29. The van der Waals surface area contributed by atoms with Crippen molar-refractivity contribution < 1.29 is 23.5 Å². The molecule has 34 heavy (non-hydrogen) atoms. The number of ether oxygens (including phenoxy) is 2. The molecule has 2 heterocycles. The van der Waals surface area contributed by atoms with Crippen LogP contribution in [-0.4, -0.2) is 30.8 Å². The molecule has 1 unspecified atom stereocenters. The Bertz CT molecular complexity index is 1140. The zero-order chi connectivity index (χ0) is 24.5. The summed E-state index contributed by atoms with van der Waals surface area (Å²) >= 11 is 1.17. The first kappa shape index (κ1) is 24.7. The lowest BCUT2D eigenvalue weighted by molar-refractivity contribution is -0.138. The van der Waals surface area contributed by atoms with E-state index in [-0.39, 0.29) is 29.4 Å². The summed E-state index contributed by atoms with van der Waals surface area (Å²) in [6.07, 6.45) is 2.95. The highest BCUT2D eigenvalue weighted by atomic mass is 32.2. The van der Waals surface area contributed by atoms with E-state index < -0.39 is 11.9 Å². The number of furan rings is 1. The SMILES string of the molecule is C=CCOC(=O)C1=C(C)NC(SCC(=O)Nc2ccc(OCC)cc2)=C(C#N)C1c1ccco1. The molecular weight excluding hydrogens is 454 g/mol. The van der Waals surface area contributed by atoms with Crippen molar-refractivity contribution in [2.24, 2.45) is 0 Å². The summed E-state index contributed by atoms with van der Waals surface area (Å²) in [5.41, 5.74) is 1.70. The number of allylic oxidation sites excluding steroid dienone is 2. The molecule has 0 saturated heterocycles. The monoisotopic (exact) mass is 479 g/mol. The van der Waals surface area contributed by atoms with Gasteiger partial charge in [-0.1, -0.05) is 24.4 Å². The van der Waals surface area contributed by atoms with Crippen LogP contribution in [0.4, 0.5) is 5.69 Å². The van der Waals surface area contributed by atoms with Crippen molar-refractivity contribution in [3.63, 3.8) is 0 Å². The second-order valence-electron chi connectivity index (χ2n) is 7.15. The Kier molecular flexibility index (Phi) is 8.60. The third-order valence-corrected chi connectivity index (χ3v) is 5.84. The van der Waals surface area contributed by atoms with E-state index >= 15 is 0 Å². The lowest BCUT2D eigenvalue weighted by atomic mass is 9.86. The highest BCUT2D eigenvalue weighted by molar-refractivity contribution is 8.03. The van der Waals surface area contributed by atoms with Gasteiger partial charge in [-0.05, 0) is 50.2 Å². The standard InChI is InChI=1S/C25H25N3O5S/c1-4-12-33-25(30)22-16(3)27-24(19(14-26)23(22)20-7-6-13-32-20)34-15-21(29)28-17-8-10-18(11-9-17)31-5-2/h4,6-11,13,23,27H,1,5,12,15H2,2-3H3,(H,28,29). The molecule has 9 heteroatoms. The summed E-state index contributed by atoms with van der Waals surface area (Å²) in [6, 6.07) is 12.6. The van der Waals surface area contributed by atoms with Crippen LogP contribution in [0.5, 0.6) is 5.75 Å². The van der Waals surface area contributed by atoms with Gasteiger partial charge in [-0.3, -0.25) is 4.79 Å². The van der Waals surface area contributed by atoms with Crippen LogP contribution < -0.4 is 15.4 Å². The summed E-state index contributed by atoms with van der Waals surface area (Å²) in [6.45, 7) is 7.78. The second kappa shape index (κ2) is 11.8. The summed E-state index contributed by atoms with van der Waals surface area (Å²) in [7, 11) is 0. The van der Waals surface area contributed by atoms with Gasteiger partial charge in [0, 0.05) is 11.4 Å². The van der Waals surface area contributed by atoms with Crippen LogP contribution in [0.15, 0.2) is 81.6 Å². The fourth-order valence-corrected chi connectivity index (χ4v) is 4.28. The maximum atomic E-state index is 12.8. The molecule has 1 aliphatic rings. The quantitative estimate of drug-likeness (QED) is 0.379. The Morgan fingerprint density at radius 2 is 2.09 bits per heavy atom. The molecule has 176 valence electrons. The zero-order valence-corrected chi connectivity index (χ0v) is 19.7. The molecule has 2 aromatic rings. The minimum absolute atomic E-state index is 0.0411. The van der Waals surface area contributed by atoms with E-state index in [2.05, 4.69) is 23.3 Å². The van der Waals surface area contributed by atoms with E-state index in [1.807, 2.05) is 6.92 Å². The number of thioether (sulfide) groups is 1. The Morgan fingerprint density at radius 3 is 2.71 bits per heavy atom. The molecule has 1 amide bonds. The average molecular weight is 480 g/mol. The topological polar surface area (TPSA) is 114 Å². The van der Waals surface area contributed by atoms with Gasteiger partial charge >= 0.3 is 5.97 Å². The molecule has 1 atom stereocenters. The molecule has 8 nitrogen and oxygen atoms in total. The molecule has 2 N–H and O–H groups in total. The number of esters is 1. The number of nitrogens with one attached hydrogen (secondary N) is 2. The van der Waals surface area contributed by atoms with Gasteiger partial charge in [0.05, 0.1) is 46.8 Å². The number of hydrogen-bond acceptors (Lipinski definition) is 8. The molecule has 0 bridgehead atoms. The van der Waals surface area contributed by atoms with Crippen molar-refractivity contribution in [2.75, 3.05) is 24.3 Å². The van der Waals surface area contributed by atoms with Crippen molar-refractivity contribution in [3.8, 4) is 11.8 Å². The Balaban J connectivity index is 1.78. The van der Waals surface area contributed by atoms with Crippen molar-refractivity contribution >= 4 is 29.3 Å². The first-order valence-electron chi connectivity index (χ1n) is 10.6. The maximum Gasteiger partial charge on any atom is 0.337 e. The third-order valence-electron chi connectivity index (χ3n) is 4.82. The number of nitrogens with zero attached hydrogens (tertiary/aromatic N) is 1. The van der Waals surface area contributed by atoms with E-state index in [0.717, 1.165) is 5.75 Å². The molecule has 0 fully saturated rings. The molecule has 0 saturated carbocycles. The molecule has 1 aromatic heterocycles. The van der Waals surface area contributed by atoms with Gasteiger partial charge in [-0.2, -0.15) is 5.26 Å². The highest BCUT2D eigenvalue weighted by Crippen LogP contribution is 2.41. The maximum absolute atomic E-state index is 12.8. The average Bonchev–Trinajstić information content (AvgIpc) is 3.37. The fourth-order valence-electron chi connectivity index (χ4n) is 3.39. The summed E-state index contributed by atoms with van der Waals surface area (Å²) in [5, 5.41) is 16.3. The molecule has 3 rings (SSSR count). The van der Waals surface area contributed by atoms with E-state index in [4.69, 9.17) is 13.9 Å². The molecule has 1 aliphatic heterocycles.